The van der Waals surface area contributed by atoms with Gasteiger partial charge in [-0.1, -0.05) is 13.0 Å². The topological polar surface area (TPSA) is 41.6 Å². The lowest BCUT2D eigenvalue weighted by Crippen LogP contribution is -2.48. The van der Waals surface area contributed by atoms with Gasteiger partial charge in [-0.15, -0.1) is 0 Å². The molecule has 21 heavy (non-hydrogen) atoms. The molecule has 2 unspecified atom stereocenters. The van der Waals surface area contributed by atoms with Crippen LogP contribution in [0.2, 0.25) is 0 Å². The van der Waals surface area contributed by atoms with Gasteiger partial charge in [0.1, 0.15) is 0 Å². The Kier molecular flexibility index (Phi) is 5.23. The van der Waals surface area contributed by atoms with Crippen LogP contribution in [-0.2, 0) is 4.74 Å². The highest BCUT2D eigenvalue weighted by Crippen LogP contribution is 2.22. The summed E-state index contributed by atoms with van der Waals surface area (Å²) in [7, 11) is 0. The van der Waals surface area contributed by atoms with E-state index in [-0.39, 0.29) is 18.1 Å². The highest BCUT2D eigenvalue weighted by atomic mass is 16.5. The van der Waals surface area contributed by atoms with Crippen LogP contribution in [0, 0.1) is 6.92 Å². The second-order valence-electron chi connectivity index (χ2n) is 5.94. The first-order valence-electron chi connectivity index (χ1n) is 7.80. The number of hydrogen-bond donors (Lipinski definition) is 1. The van der Waals surface area contributed by atoms with Gasteiger partial charge in [0.25, 0.3) is 5.91 Å². The predicted molar refractivity (Wildman–Crippen MR) is 85.9 cm³/mol. The zero-order valence-electron chi connectivity index (χ0n) is 13.5. The van der Waals surface area contributed by atoms with Gasteiger partial charge in [0, 0.05) is 25.3 Å². The fourth-order valence-electron chi connectivity index (χ4n) is 2.76. The van der Waals surface area contributed by atoms with Gasteiger partial charge in [0.2, 0.25) is 0 Å². The Bertz CT molecular complexity index is 492. The molecule has 1 aromatic carbocycles. The van der Waals surface area contributed by atoms with E-state index in [0.717, 1.165) is 29.8 Å². The van der Waals surface area contributed by atoms with Crippen LogP contribution in [0.15, 0.2) is 18.2 Å². The smallest absolute Gasteiger partial charge is 0.256 e. The van der Waals surface area contributed by atoms with Crippen molar-refractivity contribution in [1.82, 2.24) is 4.90 Å². The molecule has 4 nitrogen and oxygen atoms in total. The first kappa shape index (κ1) is 15.8. The summed E-state index contributed by atoms with van der Waals surface area (Å²) in [5.41, 5.74) is 2.86. The summed E-state index contributed by atoms with van der Waals surface area (Å²) in [5.74, 6) is 0.0932. The number of carbonyl (C=O) groups excluding carboxylic acids is 1. The van der Waals surface area contributed by atoms with Crippen molar-refractivity contribution in [3.63, 3.8) is 0 Å². The Balaban J connectivity index is 2.21. The number of benzene rings is 1. The van der Waals surface area contributed by atoms with Crippen molar-refractivity contribution in [1.29, 1.82) is 0 Å². The van der Waals surface area contributed by atoms with E-state index in [0.29, 0.717) is 13.1 Å². The van der Waals surface area contributed by atoms with E-state index >= 15 is 0 Å². The number of morpholine rings is 1. The van der Waals surface area contributed by atoms with E-state index in [1.807, 2.05) is 37.8 Å². The summed E-state index contributed by atoms with van der Waals surface area (Å²) < 4.78 is 5.71. The van der Waals surface area contributed by atoms with Gasteiger partial charge in [0.15, 0.2) is 0 Å². The Morgan fingerprint density at radius 2 is 2.00 bits per heavy atom. The maximum atomic E-state index is 12.8. The minimum atomic E-state index is 0.0928. The number of amides is 1. The van der Waals surface area contributed by atoms with Crippen LogP contribution in [-0.4, -0.2) is 42.6 Å². The first-order chi connectivity index (χ1) is 10.0. The van der Waals surface area contributed by atoms with Crippen LogP contribution in [0.5, 0.6) is 0 Å². The van der Waals surface area contributed by atoms with Crippen molar-refractivity contribution in [3.8, 4) is 0 Å². The van der Waals surface area contributed by atoms with Crippen LogP contribution in [0.3, 0.4) is 0 Å². The molecule has 1 aliphatic rings. The number of ether oxygens (including phenoxy) is 1. The number of hydrogen-bond acceptors (Lipinski definition) is 3. The Morgan fingerprint density at radius 3 is 2.62 bits per heavy atom. The molecule has 1 aromatic rings. The predicted octanol–water partition coefficient (Wildman–Crippen LogP) is 3.07. The van der Waals surface area contributed by atoms with E-state index in [9.17, 15) is 4.79 Å². The van der Waals surface area contributed by atoms with Crippen molar-refractivity contribution in [3.05, 3.63) is 29.3 Å². The summed E-state index contributed by atoms with van der Waals surface area (Å²) in [4.78, 5) is 14.7. The second-order valence-corrected chi connectivity index (χ2v) is 5.94. The summed E-state index contributed by atoms with van der Waals surface area (Å²) in [5, 5.41) is 3.37. The quantitative estimate of drug-likeness (QED) is 0.926. The maximum absolute atomic E-state index is 12.8. The highest BCUT2D eigenvalue weighted by molar-refractivity contribution is 5.99. The van der Waals surface area contributed by atoms with Crippen LogP contribution < -0.4 is 5.32 Å². The lowest BCUT2D eigenvalue weighted by atomic mass is 10.1. The Labute approximate surface area is 127 Å². The molecule has 2 atom stereocenters. The molecular weight excluding hydrogens is 264 g/mol. The molecule has 1 aliphatic heterocycles. The number of nitrogens with zero attached hydrogens (tertiary/aromatic N) is 1. The molecule has 0 aliphatic carbocycles. The summed E-state index contributed by atoms with van der Waals surface area (Å²) in [6.07, 6.45) is 1.22. The fourth-order valence-corrected chi connectivity index (χ4v) is 2.76. The van der Waals surface area contributed by atoms with Crippen molar-refractivity contribution in [2.45, 2.75) is 46.3 Å². The number of aryl methyl sites for hydroxylation is 1. The molecule has 4 heteroatoms. The standard InChI is InChI=1S/C17H26N2O2/c1-5-8-18-16-9-12(2)6-7-15(16)17(20)19-10-13(3)21-14(4)11-19/h6-7,9,13-14,18H,5,8,10-11H2,1-4H3. The normalized spacial score (nSPS) is 22.2. The van der Waals surface area contributed by atoms with Gasteiger partial charge in [0.05, 0.1) is 17.8 Å². The van der Waals surface area contributed by atoms with E-state index in [2.05, 4.69) is 18.3 Å². The minimum Gasteiger partial charge on any atom is -0.384 e. The molecule has 0 bridgehead atoms. The molecule has 2 rings (SSSR count). The molecule has 1 fully saturated rings. The zero-order valence-corrected chi connectivity index (χ0v) is 13.5. The van der Waals surface area contributed by atoms with Gasteiger partial charge < -0.3 is 15.0 Å². The van der Waals surface area contributed by atoms with Crippen molar-refractivity contribution in [2.24, 2.45) is 0 Å². The summed E-state index contributed by atoms with van der Waals surface area (Å²) >= 11 is 0. The highest BCUT2D eigenvalue weighted by Gasteiger charge is 2.27. The molecule has 116 valence electrons. The molecule has 0 aromatic heterocycles. The number of carbonyl (C=O) groups is 1. The first-order valence-corrected chi connectivity index (χ1v) is 7.80. The molecule has 1 N–H and O–H groups in total. The molecular formula is C17H26N2O2. The molecule has 0 spiro atoms. The Morgan fingerprint density at radius 1 is 1.33 bits per heavy atom. The largest absolute Gasteiger partial charge is 0.384 e. The Hall–Kier alpha value is -1.55. The number of rotatable bonds is 4. The third-order valence-corrected chi connectivity index (χ3v) is 3.68. The summed E-state index contributed by atoms with van der Waals surface area (Å²) in [6, 6.07) is 5.98. The van der Waals surface area contributed by atoms with Gasteiger partial charge in [-0.3, -0.25) is 4.79 Å². The van der Waals surface area contributed by atoms with Crippen molar-refractivity contribution in [2.75, 3.05) is 25.0 Å². The average molecular weight is 290 g/mol. The SMILES string of the molecule is CCCNc1cc(C)ccc1C(=O)N1CC(C)OC(C)C1. The van der Waals surface area contributed by atoms with Gasteiger partial charge in [-0.25, -0.2) is 0 Å². The van der Waals surface area contributed by atoms with Crippen LogP contribution in [0.1, 0.15) is 43.1 Å². The van der Waals surface area contributed by atoms with Crippen molar-refractivity contribution >= 4 is 11.6 Å². The third kappa shape index (κ3) is 3.97. The lowest BCUT2D eigenvalue weighted by Gasteiger charge is -2.35. The monoisotopic (exact) mass is 290 g/mol. The van der Waals surface area contributed by atoms with E-state index in [1.54, 1.807) is 0 Å². The zero-order chi connectivity index (χ0) is 15.4. The number of nitrogens with one attached hydrogen (secondary N) is 1. The van der Waals surface area contributed by atoms with Crippen molar-refractivity contribution < 1.29 is 9.53 Å². The molecule has 0 radical (unpaired) electrons. The van der Waals surface area contributed by atoms with E-state index in [4.69, 9.17) is 4.74 Å². The second kappa shape index (κ2) is 6.94. The lowest BCUT2D eigenvalue weighted by molar-refractivity contribution is -0.0585. The van der Waals surface area contributed by atoms with E-state index in [1.165, 1.54) is 0 Å². The van der Waals surface area contributed by atoms with Gasteiger partial charge in [-0.2, -0.15) is 0 Å². The van der Waals surface area contributed by atoms with Gasteiger partial charge >= 0.3 is 0 Å². The fraction of sp³-hybridized carbons (Fsp3) is 0.588. The maximum Gasteiger partial charge on any atom is 0.256 e. The van der Waals surface area contributed by atoms with Crippen LogP contribution >= 0.6 is 0 Å². The molecule has 1 amide bonds. The van der Waals surface area contributed by atoms with E-state index < -0.39 is 0 Å². The third-order valence-electron chi connectivity index (χ3n) is 3.68. The minimum absolute atomic E-state index is 0.0928. The van der Waals surface area contributed by atoms with Gasteiger partial charge in [-0.05, 0) is 44.9 Å². The van der Waals surface area contributed by atoms with Crippen LogP contribution in [0.25, 0.3) is 0 Å². The molecule has 0 saturated carbocycles. The molecule has 1 heterocycles. The van der Waals surface area contributed by atoms with Crippen LogP contribution in [0.4, 0.5) is 5.69 Å². The summed E-state index contributed by atoms with van der Waals surface area (Å²) in [6.45, 7) is 10.4. The molecule has 1 saturated heterocycles. The number of anilines is 1. The average Bonchev–Trinajstić information content (AvgIpc) is 2.43.